The molecule has 0 radical (unpaired) electrons. The van der Waals surface area contributed by atoms with Crippen LogP contribution >= 0.6 is 11.8 Å². The highest BCUT2D eigenvalue weighted by Crippen LogP contribution is 2.41. The van der Waals surface area contributed by atoms with E-state index in [1.54, 1.807) is 11.8 Å². The summed E-state index contributed by atoms with van der Waals surface area (Å²) in [4.78, 5) is 16.8. The van der Waals surface area contributed by atoms with E-state index in [4.69, 9.17) is 0 Å². The van der Waals surface area contributed by atoms with E-state index in [1.165, 1.54) is 16.5 Å². The summed E-state index contributed by atoms with van der Waals surface area (Å²) in [6.07, 6.45) is 2.19. The van der Waals surface area contributed by atoms with Crippen LogP contribution in [-0.4, -0.2) is 52.2 Å². The zero-order chi connectivity index (χ0) is 16.4. The van der Waals surface area contributed by atoms with Crippen LogP contribution in [0.3, 0.4) is 0 Å². The summed E-state index contributed by atoms with van der Waals surface area (Å²) in [5, 5.41) is 1.40. The number of carbonyl (C=O) groups is 1. The van der Waals surface area contributed by atoms with E-state index in [1.807, 2.05) is 0 Å². The molecule has 1 aliphatic heterocycles. The molecule has 23 heavy (non-hydrogen) atoms. The summed E-state index contributed by atoms with van der Waals surface area (Å²) in [7, 11) is 2.08. The summed E-state index contributed by atoms with van der Waals surface area (Å²) in [6.45, 7) is 8.16. The van der Waals surface area contributed by atoms with Gasteiger partial charge in [0.2, 0.25) is 5.91 Å². The first-order valence-electron chi connectivity index (χ1n) is 8.33. The Balaban J connectivity index is 1.86. The number of benzene rings is 1. The fourth-order valence-corrected chi connectivity index (χ4v) is 4.55. The third-order valence-corrected chi connectivity index (χ3v) is 5.95. The Hall–Kier alpha value is -1.46. The molecule has 1 amide bonds. The molecular weight excluding hydrogens is 306 g/mol. The van der Waals surface area contributed by atoms with Crippen molar-refractivity contribution in [1.82, 2.24) is 14.4 Å². The summed E-state index contributed by atoms with van der Waals surface area (Å²) in [6, 6.07) is 8.45. The first-order valence-corrected chi connectivity index (χ1v) is 9.38. The Morgan fingerprint density at radius 1 is 1.26 bits per heavy atom. The molecule has 2 aromatic rings. The maximum Gasteiger partial charge on any atom is 0.233 e. The maximum absolute atomic E-state index is 12.4. The zero-order valence-corrected chi connectivity index (χ0v) is 15.0. The topological polar surface area (TPSA) is 28.5 Å². The number of aromatic nitrogens is 1. The average molecular weight is 331 g/mol. The van der Waals surface area contributed by atoms with Crippen LogP contribution < -0.4 is 0 Å². The number of hydrogen-bond donors (Lipinski definition) is 0. The van der Waals surface area contributed by atoms with Gasteiger partial charge in [0, 0.05) is 42.8 Å². The van der Waals surface area contributed by atoms with Gasteiger partial charge in [0.1, 0.15) is 5.37 Å². The molecule has 0 saturated carbocycles. The summed E-state index contributed by atoms with van der Waals surface area (Å²) in [5.41, 5.74) is 2.49. The number of thioether (sulfide) groups is 1. The van der Waals surface area contributed by atoms with Crippen LogP contribution in [0.5, 0.6) is 0 Å². The molecular formula is C18H25N3OS. The normalized spacial score (nSPS) is 18.5. The SMILES string of the molecule is CCN(CC)CCN1C(=O)CSC1c1cn(C)c2ccccc12. The number of aryl methyl sites for hydroxylation is 1. The average Bonchev–Trinajstić information content (AvgIpc) is 3.10. The Kier molecular flexibility index (Phi) is 4.97. The van der Waals surface area contributed by atoms with Crippen molar-refractivity contribution >= 4 is 28.6 Å². The van der Waals surface area contributed by atoms with Crippen molar-refractivity contribution in [3.8, 4) is 0 Å². The predicted octanol–water partition coefficient (Wildman–Crippen LogP) is 3.09. The minimum absolute atomic E-state index is 0.143. The first kappa shape index (κ1) is 16.4. The number of fused-ring (bicyclic) bond motifs is 1. The van der Waals surface area contributed by atoms with Gasteiger partial charge in [-0.1, -0.05) is 32.0 Å². The molecule has 0 spiro atoms. The minimum atomic E-state index is 0.143. The lowest BCUT2D eigenvalue weighted by Gasteiger charge is -2.27. The summed E-state index contributed by atoms with van der Waals surface area (Å²) >= 11 is 1.75. The molecule has 0 N–H and O–H groups in total. The van der Waals surface area contributed by atoms with Gasteiger partial charge in [-0.2, -0.15) is 0 Å². The molecule has 1 saturated heterocycles. The fourth-order valence-electron chi connectivity index (χ4n) is 3.31. The van der Waals surface area contributed by atoms with Crippen LogP contribution in [0, 0.1) is 0 Å². The van der Waals surface area contributed by atoms with Crippen molar-refractivity contribution in [3.63, 3.8) is 0 Å². The van der Waals surface area contributed by atoms with Crippen molar-refractivity contribution in [3.05, 3.63) is 36.0 Å². The van der Waals surface area contributed by atoms with Gasteiger partial charge in [0.05, 0.1) is 5.75 Å². The number of likely N-dealkylation sites (N-methyl/N-ethyl adjacent to an activating group) is 1. The molecule has 0 aliphatic carbocycles. The second-order valence-corrected chi connectivity index (χ2v) is 7.06. The molecule has 1 atom stereocenters. The van der Waals surface area contributed by atoms with E-state index in [2.05, 4.69) is 65.7 Å². The standard InChI is InChI=1S/C18H25N3OS/c1-4-20(5-2)10-11-21-17(22)13-23-18(21)15-12-19(3)16-9-7-6-8-14(15)16/h6-9,12,18H,4-5,10-11,13H2,1-3H3. The quantitative estimate of drug-likeness (QED) is 0.814. The molecule has 1 unspecified atom stereocenters. The maximum atomic E-state index is 12.4. The molecule has 3 rings (SSSR count). The van der Waals surface area contributed by atoms with Crippen LogP contribution in [0.2, 0.25) is 0 Å². The minimum Gasteiger partial charge on any atom is -0.350 e. The summed E-state index contributed by atoms with van der Waals surface area (Å²) < 4.78 is 2.16. The second kappa shape index (κ2) is 6.97. The lowest BCUT2D eigenvalue weighted by molar-refractivity contribution is -0.128. The molecule has 1 fully saturated rings. The number of nitrogens with zero attached hydrogens (tertiary/aromatic N) is 3. The fraction of sp³-hybridized carbons (Fsp3) is 0.500. The largest absolute Gasteiger partial charge is 0.350 e. The van der Waals surface area contributed by atoms with E-state index in [0.29, 0.717) is 5.75 Å². The molecule has 5 heteroatoms. The van der Waals surface area contributed by atoms with E-state index in [-0.39, 0.29) is 11.3 Å². The van der Waals surface area contributed by atoms with Gasteiger partial charge >= 0.3 is 0 Å². The van der Waals surface area contributed by atoms with Crippen molar-refractivity contribution in [2.45, 2.75) is 19.2 Å². The third-order valence-electron chi connectivity index (χ3n) is 4.71. The van der Waals surface area contributed by atoms with Crippen molar-refractivity contribution < 1.29 is 4.79 Å². The molecule has 124 valence electrons. The van der Waals surface area contributed by atoms with Crippen LogP contribution in [-0.2, 0) is 11.8 Å². The number of para-hydroxylation sites is 1. The van der Waals surface area contributed by atoms with Crippen LogP contribution in [0.4, 0.5) is 0 Å². The highest BCUT2D eigenvalue weighted by Gasteiger charge is 2.34. The Morgan fingerprint density at radius 3 is 2.74 bits per heavy atom. The Labute approximate surface area is 142 Å². The lowest BCUT2D eigenvalue weighted by Crippen LogP contribution is -2.37. The Bertz CT molecular complexity index is 693. The van der Waals surface area contributed by atoms with Crippen molar-refractivity contribution in [1.29, 1.82) is 0 Å². The van der Waals surface area contributed by atoms with Crippen LogP contribution in [0.1, 0.15) is 24.8 Å². The van der Waals surface area contributed by atoms with E-state index < -0.39 is 0 Å². The Morgan fingerprint density at radius 2 is 2.00 bits per heavy atom. The van der Waals surface area contributed by atoms with Gasteiger partial charge in [-0.3, -0.25) is 4.79 Å². The second-order valence-electron chi connectivity index (χ2n) is 5.99. The van der Waals surface area contributed by atoms with Gasteiger partial charge < -0.3 is 14.4 Å². The number of carbonyl (C=O) groups excluding carboxylic acids is 1. The number of amides is 1. The van der Waals surface area contributed by atoms with Crippen LogP contribution in [0.15, 0.2) is 30.5 Å². The first-order chi connectivity index (χ1) is 11.2. The van der Waals surface area contributed by atoms with Crippen molar-refractivity contribution in [2.24, 2.45) is 7.05 Å². The molecule has 0 bridgehead atoms. The van der Waals surface area contributed by atoms with Gasteiger partial charge in [-0.15, -0.1) is 11.8 Å². The third kappa shape index (κ3) is 3.12. The molecule has 4 nitrogen and oxygen atoms in total. The number of hydrogen-bond acceptors (Lipinski definition) is 3. The smallest absolute Gasteiger partial charge is 0.233 e. The lowest BCUT2D eigenvalue weighted by atomic mass is 10.1. The van der Waals surface area contributed by atoms with Crippen molar-refractivity contribution in [2.75, 3.05) is 31.9 Å². The van der Waals surface area contributed by atoms with E-state index in [9.17, 15) is 4.79 Å². The van der Waals surface area contributed by atoms with Crippen LogP contribution in [0.25, 0.3) is 10.9 Å². The molecule has 1 aliphatic rings. The highest BCUT2D eigenvalue weighted by molar-refractivity contribution is 8.00. The van der Waals surface area contributed by atoms with E-state index >= 15 is 0 Å². The monoisotopic (exact) mass is 331 g/mol. The van der Waals surface area contributed by atoms with Gasteiger partial charge in [0.15, 0.2) is 0 Å². The van der Waals surface area contributed by atoms with E-state index in [0.717, 1.165) is 26.2 Å². The zero-order valence-electron chi connectivity index (χ0n) is 14.2. The molecule has 1 aromatic heterocycles. The predicted molar refractivity (Wildman–Crippen MR) is 97.6 cm³/mol. The molecule has 2 heterocycles. The van der Waals surface area contributed by atoms with Gasteiger partial charge in [0.25, 0.3) is 0 Å². The summed E-state index contributed by atoms with van der Waals surface area (Å²) in [5.74, 6) is 0.853. The number of rotatable bonds is 6. The molecule has 1 aromatic carbocycles. The van der Waals surface area contributed by atoms with Gasteiger partial charge in [-0.25, -0.2) is 0 Å². The highest BCUT2D eigenvalue weighted by atomic mass is 32.2. The van der Waals surface area contributed by atoms with Gasteiger partial charge in [-0.05, 0) is 19.2 Å².